The number of carbonyl (C=O) groups is 1. The van der Waals surface area contributed by atoms with Gasteiger partial charge in [0.2, 0.25) is 0 Å². The summed E-state index contributed by atoms with van der Waals surface area (Å²) in [6, 6.07) is 1.68. The van der Waals surface area contributed by atoms with Gasteiger partial charge in [-0.05, 0) is 19.9 Å². The van der Waals surface area contributed by atoms with Crippen LogP contribution in [0.2, 0.25) is 5.02 Å². The Labute approximate surface area is 122 Å². The number of anilines is 1. The molecule has 0 saturated carbocycles. The molecule has 6 heteroatoms. The number of halogens is 1. The summed E-state index contributed by atoms with van der Waals surface area (Å²) in [6.07, 6.45) is 1.58. The molecule has 1 N–H and O–H groups in total. The number of rotatable bonds is 2. The summed E-state index contributed by atoms with van der Waals surface area (Å²) in [5.41, 5.74) is 0.548. The number of carbonyl (C=O) groups excluding carboxylic acids is 1. The van der Waals surface area contributed by atoms with Crippen LogP contribution in [0.5, 0.6) is 0 Å². The van der Waals surface area contributed by atoms with E-state index in [4.69, 9.17) is 11.6 Å². The first kappa shape index (κ1) is 14.5. The molecule has 2 heterocycles. The Morgan fingerprint density at radius 2 is 2.32 bits per heavy atom. The molecule has 0 spiro atoms. The average Bonchev–Trinajstić information content (AvgIpc) is 2.36. The number of nitrogens with one attached hydrogen (secondary N) is 1. The predicted molar refractivity (Wildman–Crippen MR) is 81.2 cm³/mol. The van der Waals surface area contributed by atoms with Gasteiger partial charge >= 0.3 is 0 Å². The number of amides is 1. The maximum absolute atomic E-state index is 12.4. The fourth-order valence-electron chi connectivity index (χ4n) is 2.11. The molecule has 0 atom stereocenters. The van der Waals surface area contributed by atoms with E-state index in [0.29, 0.717) is 16.4 Å². The lowest BCUT2D eigenvalue weighted by atomic mass is 10.1. The first-order valence-corrected chi connectivity index (χ1v) is 7.56. The average molecular weight is 300 g/mol. The number of thioether (sulfide) groups is 1. The highest BCUT2D eigenvalue weighted by Crippen LogP contribution is 2.30. The monoisotopic (exact) mass is 299 g/mol. The summed E-state index contributed by atoms with van der Waals surface area (Å²) in [6.45, 7) is 5.85. The van der Waals surface area contributed by atoms with Crippen LogP contribution in [0.25, 0.3) is 0 Å². The zero-order chi connectivity index (χ0) is 14.0. The van der Waals surface area contributed by atoms with Gasteiger partial charge in [0, 0.05) is 36.8 Å². The van der Waals surface area contributed by atoms with E-state index in [1.54, 1.807) is 19.3 Å². The third-order valence-electron chi connectivity index (χ3n) is 3.04. The minimum Gasteiger partial charge on any atom is -0.372 e. The van der Waals surface area contributed by atoms with Gasteiger partial charge in [-0.15, -0.1) is 0 Å². The molecule has 0 aliphatic carbocycles. The molecule has 0 aromatic carbocycles. The Morgan fingerprint density at radius 1 is 1.58 bits per heavy atom. The summed E-state index contributed by atoms with van der Waals surface area (Å²) in [5, 5.41) is 3.35. The molecular weight excluding hydrogens is 282 g/mol. The molecule has 104 valence electrons. The highest BCUT2D eigenvalue weighted by molar-refractivity contribution is 8.00. The second kappa shape index (κ2) is 5.59. The number of nitrogens with zero attached hydrogens (tertiary/aromatic N) is 2. The maximum Gasteiger partial charge on any atom is 0.255 e. The Bertz CT molecular complexity index is 493. The first-order valence-electron chi connectivity index (χ1n) is 6.19. The molecule has 1 aromatic rings. The second-order valence-electron chi connectivity index (χ2n) is 5.14. The van der Waals surface area contributed by atoms with Gasteiger partial charge in [-0.2, -0.15) is 11.8 Å². The summed E-state index contributed by atoms with van der Waals surface area (Å²) in [5.74, 6) is 1.56. The molecule has 1 fully saturated rings. The van der Waals surface area contributed by atoms with E-state index >= 15 is 0 Å². The van der Waals surface area contributed by atoms with Gasteiger partial charge in [0.25, 0.3) is 5.91 Å². The molecule has 1 aromatic heterocycles. The molecule has 2 rings (SSSR count). The zero-order valence-electron chi connectivity index (χ0n) is 11.4. The van der Waals surface area contributed by atoms with Crippen molar-refractivity contribution in [3.63, 3.8) is 0 Å². The number of pyridine rings is 1. The summed E-state index contributed by atoms with van der Waals surface area (Å²) in [4.78, 5) is 18.5. The molecule has 1 aliphatic heterocycles. The maximum atomic E-state index is 12.4. The van der Waals surface area contributed by atoms with Gasteiger partial charge in [-0.1, -0.05) is 11.6 Å². The van der Waals surface area contributed by atoms with Crippen LogP contribution in [0.4, 0.5) is 5.82 Å². The summed E-state index contributed by atoms with van der Waals surface area (Å²) >= 11 is 7.97. The quantitative estimate of drug-likeness (QED) is 0.912. The fraction of sp³-hybridized carbons (Fsp3) is 0.538. The van der Waals surface area contributed by atoms with E-state index in [2.05, 4.69) is 24.1 Å². The molecule has 0 bridgehead atoms. The SMILES string of the molecule is CNc1ncc(C(=O)N2CCSC(C)(C)C2)cc1Cl. The van der Waals surface area contributed by atoms with Gasteiger partial charge in [0.05, 0.1) is 10.6 Å². The Balaban J connectivity index is 2.17. The Hall–Kier alpha value is -0.940. The van der Waals surface area contributed by atoms with Crippen molar-refractivity contribution in [3.05, 3.63) is 22.8 Å². The van der Waals surface area contributed by atoms with Crippen molar-refractivity contribution in [2.45, 2.75) is 18.6 Å². The van der Waals surface area contributed by atoms with Crippen LogP contribution in [-0.2, 0) is 0 Å². The number of hydrogen-bond donors (Lipinski definition) is 1. The highest BCUT2D eigenvalue weighted by Gasteiger charge is 2.30. The molecule has 0 unspecified atom stereocenters. The third-order valence-corrected chi connectivity index (χ3v) is 4.62. The number of hydrogen-bond acceptors (Lipinski definition) is 4. The molecule has 4 nitrogen and oxygen atoms in total. The topological polar surface area (TPSA) is 45.2 Å². The predicted octanol–water partition coefficient (Wildman–Crippen LogP) is 2.74. The molecule has 19 heavy (non-hydrogen) atoms. The van der Waals surface area contributed by atoms with Crippen LogP contribution >= 0.6 is 23.4 Å². The lowest BCUT2D eigenvalue weighted by molar-refractivity contribution is 0.0747. The molecule has 0 radical (unpaired) electrons. The minimum absolute atomic E-state index is 0.00503. The van der Waals surface area contributed by atoms with Gasteiger partial charge < -0.3 is 10.2 Å². The fourth-order valence-corrected chi connectivity index (χ4v) is 3.48. The first-order chi connectivity index (χ1) is 8.93. The summed E-state index contributed by atoms with van der Waals surface area (Å²) < 4.78 is 0.107. The lowest BCUT2D eigenvalue weighted by Crippen LogP contribution is -2.46. The van der Waals surface area contributed by atoms with E-state index in [1.165, 1.54) is 0 Å². The van der Waals surface area contributed by atoms with Crippen molar-refractivity contribution in [1.82, 2.24) is 9.88 Å². The van der Waals surface area contributed by atoms with E-state index < -0.39 is 0 Å². The van der Waals surface area contributed by atoms with E-state index in [9.17, 15) is 4.79 Å². The van der Waals surface area contributed by atoms with Crippen molar-refractivity contribution >= 4 is 35.1 Å². The Kier molecular flexibility index (Phi) is 4.26. The van der Waals surface area contributed by atoms with Crippen molar-refractivity contribution in [1.29, 1.82) is 0 Å². The van der Waals surface area contributed by atoms with Crippen molar-refractivity contribution < 1.29 is 4.79 Å². The van der Waals surface area contributed by atoms with Crippen molar-refractivity contribution in [2.24, 2.45) is 0 Å². The van der Waals surface area contributed by atoms with Crippen LogP contribution in [0, 0.1) is 0 Å². The van der Waals surface area contributed by atoms with E-state index in [0.717, 1.165) is 18.8 Å². The van der Waals surface area contributed by atoms with Crippen molar-refractivity contribution in [2.75, 3.05) is 31.2 Å². The Morgan fingerprint density at radius 3 is 2.89 bits per heavy atom. The van der Waals surface area contributed by atoms with E-state index in [-0.39, 0.29) is 10.7 Å². The van der Waals surface area contributed by atoms with Gasteiger partial charge in [0.1, 0.15) is 5.82 Å². The summed E-state index contributed by atoms with van der Waals surface area (Å²) in [7, 11) is 1.75. The van der Waals surface area contributed by atoms with Crippen LogP contribution in [0.1, 0.15) is 24.2 Å². The molecular formula is C13H18ClN3OS. The normalized spacial score (nSPS) is 18.2. The van der Waals surface area contributed by atoms with E-state index in [1.807, 2.05) is 16.7 Å². The zero-order valence-corrected chi connectivity index (χ0v) is 12.9. The van der Waals surface area contributed by atoms with Gasteiger partial charge in [-0.3, -0.25) is 4.79 Å². The minimum atomic E-state index is 0.00503. The smallest absolute Gasteiger partial charge is 0.255 e. The van der Waals surface area contributed by atoms with Crippen LogP contribution in [0.15, 0.2) is 12.3 Å². The van der Waals surface area contributed by atoms with Crippen LogP contribution in [0.3, 0.4) is 0 Å². The number of aromatic nitrogens is 1. The molecule has 1 amide bonds. The largest absolute Gasteiger partial charge is 0.372 e. The standard InChI is InChI=1S/C13H18ClN3OS/c1-13(2)8-17(4-5-19-13)12(18)9-6-10(14)11(15-3)16-7-9/h6-7H,4-5,8H2,1-3H3,(H,15,16). The highest BCUT2D eigenvalue weighted by atomic mass is 35.5. The molecule has 1 aliphatic rings. The molecule has 1 saturated heterocycles. The van der Waals surface area contributed by atoms with Crippen molar-refractivity contribution in [3.8, 4) is 0 Å². The third kappa shape index (κ3) is 3.34. The van der Waals surface area contributed by atoms with Crippen LogP contribution < -0.4 is 5.32 Å². The van der Waals surface area contributed by atoms with Crippen LogP contribution in [-0.4, -0.2) is 46.4 Å². The van der Waals surface area contributed by atoms with Gasteiger partial charge in [0.15, 0.2) is 0 Å². The lowest BCUT2D eigenvalue weighted by Gasteiger charge is -2.37. The second-order valence-corrected chi connectivity index (χ2v) is 7.35. The van der Waals surface area contributed by atoms with Gasteiger partial charge in [-0.25, -0.2) is 4.98 Å².